The Kier molecular flexibility index (Phi) is 6.16. The fraction of sp³-hybridized carbons (Fsp3) is 0.409. The van der Waals surface area contributed by atoms with E-state index >= 15 is 0 Å². The SMILES string of the molecule is C[C@H]1C[C@H](C)CN(S(=O)(=O)c2ccc3c(c2)oc(=O)n3CC(=O)NCc2cccnc2)C1. The number of benzene rings is 1. The van der Waals surface area contributed by atoms with Crippen LogP contribution in [-0.4, -0.2) is 41.3 Å². The molecule has 3 heterocycles. The molecule has 1 amide bonds. The van der Waals surface area contributed by atoms with Crippen molar-refractivity contribution >= 4 is 27.0 Å². The third kappa shape index (κ3) is 4.61. The fourth-order valence-electron chi connectivity index (χ4n) is 4.21. The lowest BCUT2D eigenvalue weighted by atomic mass is 9.94. The number of fused-ring (bicyclic) bond motifs is 1. The zero-order chi connectivity index (χ0) is 22.9. The van der Waals surface area contributed by atoms with E-state index in [2.05, 4.69) is 10.3 Å². The summed E-state index contributed by atoms with van der Waals surface area (Å²) in [4.78, 5) is 28.7. The van der Waals surface area contributed by atoms with E-state index < -0.39 is 15.8 Å². The van der Waals surface area contributed by atoms with Crippen molar-refractivity contribution in [1.29, 1.82) is 0 Å². The molecule has 0 spiro atoms. The Morgan fingerprint density at radius 1 is 1.22 bits per heavy atom. The zero-order valence-corrected chi connectivity index (χ0v) is 18.8. The maximum absolute atomic E-state index is 13.1. The third-order valence-electron chi connectivity index (χ3n) is 5.63. The molecule has 0 unspecified atom stereocenters. The molecule has 10 heteroatoms. The van der Waals surface area contributed by atoms with Gasteiger partial charge in [0.2, 0.25) is 15.9 Å². The number of amides is 1. The number of hydrogen-bond donors (Lipinski definition) is 1. The Morgan fingerprint density at radius 2 is 1.97 bits per heavy atom. The van der Waals surface area contributed by atoms with Crippen LogP contribution in [0, 0.1) is 11.8 Å². The normalized spacial score (nSPS) is 19.8. The predicted octanol–water partition coefficient (Wildman–Crippen LogP) is 1.97. The maximum atomic E-state index is 13.1. The molecule has 4 rings (SSSR count). The van der Waals surface area contributed by atoms with Crippen LogP contribution in [0.5, 0.6) is 0 Å². The molecule has 1 aromatic carbocycles. The van der Waals surface area contributed by atoms with Crippen molar-refractivity contribution in [2.45, 2.75) is 38.3 Å². The number of nitrogens with zero attached hydrogens (tertiary/aromatic N) is 3. The second-order valence-corrected chi connectivity index (χ2v) is 10.4. The van der Waals surface area contributed by atoms with Gasteiger partial charge in [-0.15, -0.1) is 0 Å². The van der Waals surface area contributed by atoms with E-state index in [1.165, 1.54) is 27.1 Å². The van der Waals surface area contributed by atoms with Crippen LogP contribution in [0.2, 0.25) is 0 Å². The topological polar surface area (TPSA) is 115 Å². The summed E-state index contributed by atoms with van der Waals surface area (Å²) in [6.07, 6.45) is 4.28. The van der Waals surface area contributed by atoms with Gasteiger partial charge >= 0.3 is 5.76 Å². The first kappa shape index (κ1) is 22.2. The molecular weight excluding hydrogens is 432 g/mol. The van der Waals surface area contributed by atoms with Gasteiger partial charge in [0.05, 0.1) is 10.4 Å². The van der Waals surface area contributed by atoms with Crippen molar-refractivity contribution in [3.05, 3.63) is 58.8 Å². The van der Waals surface area contributed by atoms with Gasteiger partial charge in [-0.3, -0.25) is 14.3 Å². The van der Waals surface area contributed by atoms with Crippen LogP contribution in [0.15, 0.2) is 56.8 Å². The molecular formula is C22H26N4O5S. The number of rotatable bonds is 6. The molecule has 3 aromatic rings. The third-order valence-corrected chi connectivity index (χ3v) is 7.45. The molecule has 170 valence electrons. The number of hydrogen-bond acceptors (Lipinski definition) is 6. The number of carbonyl (C=O) groups is 1. The van der Waals surface area contributed by atoms with Gasteiger partial charge in [-0.1, -0.05) is 19.9 Å². The lowest BCUT2D eigenvalue weighted by Gasteiger charge is -2.34. The fourth-order valence-corrected chi connectivity index (χ4v) is 5.91. The Morgan fingerprint density at radius 3 is 2.66 bits per heavy atom. The maximum Gasteiger partial charge on any atom is 0.420 e. The van der Waals surface area contributed by atoms with Crippen molar-refractivity contribution in [2.75, 3.05) is 13.1 Å². The van der Waals surface area contributed by atoms with Crippen molar-refractivity contribution in [3.63, 3.8) is 0 Å². The summed E-state index contributed by atoms with van der Waals surface area (Å²) in [7, 11) is -3.71. The molecule has 0 bridgehead atoms. The van der Waals surface area contributed by atoms with Crippen LogP contribution >= 0.6 is 0 Å². The highest BCUT2D eigenvalue weighted by molar-refractivity contribution is 7.89. The summed E-state index contributed by atoms with van der Waals surface area (Å²) in [6, 6.07) is 7.93. The lowest BCUT2D eigenvalue weighted by molar-refractivity contribution is -0.121. The molecule has 1 fully saturated rings. The minimum atomic E-state index is -3.71. The zero-order valence-electron chi connectivity index (χ0n) is 18.0. The number of carbonyl (C=O) groups excluding carboxylic acids is 1. The highest BCUT2D eigenvalue weighted by atomic mass is 32.2. The highest BCUT2D eigenvalue weighted by Crippen LogP contribution is 2.28. The smallest absolute Gasteiger partial charge is 0.408 e. The Labute approximate surface area is 186 Å². The summed E-state index contributed by atoms with van der Waals surface area (Å²) in [5, 5.41) is 2.73. The minimum Gasteiger partial charge on any atom is -0.408 e. The largest absolute Gasteiger partial charge is 0.420 e. The number of sulfonamides is 1. The first-order chi connectivity index (χ1) is 15.2. The second kappa shape index (κ2) is 8.87. The van der Waals surface area contributed by atoms with Gasteiger partial charge in [-0.25, -0.2) is 13.2 Å². The molecule has 9 nitrogen and oxygen atoms in total. The van der Waals surface area contributed by atoms with E-state index in [1.54, 1.807) is 18.5 Å². The van der Waals surface area contributed by atoms with Gasteiger partial charge in [0.25, 0.3) is 0 Å². The van der Waals surface area contributed by atoms with Crippen molar-refractivity contribution in [1.82, 2.24) is 19.2 Å². The van der Waals surface area contributed by atoms with Gasteiger partial charge in [0.15, 0.2) is 5.58 Å². The van der Waals surface area contributed by atoms with Crippen LogP contribution in [0.4, 0.5) is 0 Å². The number of pyridine rings is 1. The summed E-state index contributed by atoms with van der Waals surface area (Å²) in [6.45, 7) is 5.06. The predicted molar refractivity (Wildman–Crippen MR) is 118 cm³/mol. The average Bonchev–Trinajstić information content (AvgIpc) is 3.06. The van der Waals surface area contributed by atoms with E-state index in [4.69, 9.17) is 4.42 Å². The molecule has 1 N–H and O–H groups in total. The second-order valence-electron chi connectivity index (χ2n) is 8.49. The van der Waals surface area contributed by atoms with Crippen molar-refractivity contribution in [2.24, 2.45) is 11.8 Å². The van der Waals surface area contributed by atoms with E-state index in [-0.39, 0.29) is 41.3 Å². The molecule has 1 saturated heterocycles. The molecule has 0 radical (unpaired) electrons. The molecule has 2 atom stereocenters. The standard InChI is InChI=1S/C22H26N4O5S/c1-15-8-16(2)13-25(12-15)32(29,30)18-5-6-19-20(9-18)31-22(28)26(19)14-21(27)24-11-17-4-3-7-23-10-17/h3-7,9-10,15-16H,8,11-14H2,1-2H3,(H,24,27)/t15-,16-/m0/s1. The van der Waals surface area contributed by atoms with Crippen LogP contribution in [0.3, 0.4) is 0 Å². The number of nitrogens with one attached hydrogen (secondary N) is 1. The van der Waals surface area contributed by atoms with Crippen LogP contribution in [0.25, 0.3) is 11.1 Å². The molecule has 32 heavy (non-hydrogen) atoms. The first-order valence-corrected chi connectivity index (χ1v) is 12.0. The lowest BCUT2D eigenvalue weighted by Crippen LogP contribution is -2.42. The highest BCUT2D eigenvalue weighted by Gasteiger charge is 2.32. The van der Waals surface area contributed by atoms with Crippen LogP contribution in [-0.2, 0) is 27.9 Å². The van der Waals surface area contributed by atoms with Gasteiger partial charge in [0, 0.05) is 38.1 Å². The Balaban J connectivity index is 1.54. The van der Waals surface area contributed by atoms with Gasteiger partial charge in [0.1, 0.15) is 6.54 Å². The van der Waals surface area contributed by atoms with E-state index in [9.17, 15) is 18.0 Å². The van der Waals surface area contributed by atoms with E-state index in [0.29, 0.717) is 18.6 Å². The molecule has 1 aliphatic heterocycles. The van der Waals surface area contributed by atoms with E-state index in [1.807, 2.05) is 19.9 Å². The molecule has 2 aromatic heterocycles. The van der Waals surface area contributed by atoms with Crippen molar-refractivity contribution in [3.8, 4) is 0 Å². The summed E-state index contributed by atoms with van der Waals surface area (Å²) >= 11 is 0. The molecule has 0 saturated carbocycles. The Hall–Kier alpha value is -2.98. The Bertz CT molecular complexity index is 1270. The molecule has 0 aliphatic carbocycles. The van der Waals surface area contributed by atoms with Crippen LogP contribution < -0.4 is 11.1 Å². The number of aromatic nitrogens is 2. The monoisotopic (exact) mass is 458 g/mol. The molecule has 1 aliphatic rings. The van der Waals surface area contributed by atoms with Gasteiger partial charge < -0.3 is 9.73 Å². The number of oxazole rings is 1. The van der Waals surface area contributed by atoms with Crippen LogP contribution in [0.1, 0.15) is 25.8 Å². The minimum absolute atomic E-state index is 0.0771. The summed E-state index contributed by atoms with van der Waals surface area (Å²) < 4.78 is 34.2. The summed E-state index contributed by atoms with van der Waals surface area (Å²) in [5.74, 6) is -0.527. The van der Waals surface area contributed by atoms with Gasteiger partial charge in [-0.2, -0.15) is 4.31 Å². The van der Waals surface area contributed by atoms with Crippen molar-refractivity contribution < 1.29 is 17.6 Å². The van der Waals surface area contributed by atoms with Gasteiger partial charge in [-0.05, 0) is 42.0 Å². The quantitative estimate of drug-likeness (QED) is 0.604. The number of piperidine rings is 1. The van der Waals surface area contributed by atoms with E-state index in [0.717, 1.165) is 12.0 Å². The average molecular weight is 459 g/mol. The summed E-state index contributed by atoms with van der Waals surface area (Å²) in [5.41, 5.74) is 1.33. The first-order valence-electron chi connectivity index (χ1n) is 10.5.